The van der Waals surface area contributed by atoms with E-state index < -0.39 is 0 Å². The lowest BCUT2D eigenvalue weighted by Crippen LogP contribution is -1.80. The minimum absolute atomic E-state index is 0.997. The minimum atomic E-state index is 0.997. The monoisotopic (exact) mass is 212 g/mol. The molecule has 16 heavy (non-hydrogen) atoms. The van der Waals surface area contributed by atoms with Crippen molar-refractivity contribution in [2.45, 2.75) is 26.2 Å². The summed E-state index contributed by atoms with van der Waals surface area (Å²) in [5.41, 5.74) is 2.98. The van der Waals surface area contributed by atoms with E-state index >= 15 is 0 Å². The first-order valence-corrected chi connectivity index (χ1v) is 5.82. The highest BCUT2D eigenvalue weighted by molar-refractivity contribution is 5.44. The molecule has 0 aromatic heterocycles. The van der Waals surface area contributed by atoms with E-state index in [1.54, 1.807) is 0 Å². The Bertz CT molecular complexity index is 331. The Morgan fingerprint density at radius 2 is 1.69 bits per heavy atom. The maximum absolute atomic E-state index is 3.55. The Labute approximate surface area is 99.1 Å². The van der Waals surface area contributed by atoms with Gasteiger partial charge in [-0.3, -0.25) is 0 Å². The molecule has 0 N–H and O–H groups in total. The standard InChI is InChI=1S/C10H10.C6H10/c1-2-6-9(5-1)10-7-3-4-8-10;1-3-5-6-4-2/h1-5,7H,6,8H2;3-4,6H,1,5H2,2H3. The third kappa shape index (κ3) is 4.31. The molecule has 84 valence electrons. The topological polar surface area (TPSA) is 0 Å². The van der Waals surface area contributed by atoms with Crippen LogP contribution in [0.25, 0.3) is 0 Å². The highest BCUT2D eigenvalue weighted by Gasteiger charge is 2.05. The number of rotatable bonds is 3. The summed E-state index contributed by atoms with van der Waals surface area (Å²) in [4.78, 5) is 0. The fraction of sp³-hybridized carbons (Fsp3) is 0.250. The molecule has 0 unspecified atom stereocenters. The molecule has 0 aromatic carbocycles. The third-order valence-corrected chi connectivity index (χ3v) is 2.49. The molecule has 2 aliphatic carbocycles. The average Bonchev–Trinajstić information content (AvgIpc) is 2.97. The second kappa shape index (κ2) is 7.70. The molecule has 0 fully saturated rings. The molecule has 0 aliphatic heterocycles. The summed E-state index contributed by atoms with van der Waals surface area (Å²) in [6.07, 6.45) is 22.3. The van der Waals surface area contributed by atoms with E-state index in [4.69, 9.17) is 0 Å². The third-order valence-electron chi connectivity index (χ3n) is 2.49. The number of allylic oxidation sites excluding steroid dienone is 11. The summed E-state index contributed by atoms with van der Waals surface area (Å²) in [7, 11) is 0. The van der Waals surface area contributed by atoms with Gasteiger partial charge in [0.2, 0.25) is 0 Å². The molecule has 0 amide bonds. The van der Waals surface area contributed by atoms with E-state index in [0.29, 0.717) is 0 Å². The molecule has 2 aliphatic rings. The van der Waals surface area contributed by atoms with Gasteiger partial charge in [0.25, 0.3) is 0 Å². The van der Waals surface area contributed by atoms with E-state index in [2.05, 4.69) is 49.1 Å². The highest BCUT2D eigenvalue weighted by atomic mass is 14.1. The van der Waals surface area contributed by atoms with Crippen molar-refractivity contribution in [2.75, 3.05) is 0 Å². The van der Waals surface area contributed by atoms with Crippen LogP contribution in [-0.2, 0) is 0 Å². The van der Waals surface area contributed by atoms with Gasteiger partial charge >= 0.3 is 0 Å². The van der Waals surface area contributed by atoms with Crippen molar-refractivity contribution in [1.82, 2.24) is 0 Å². The lowest BCUT2D eigenvalue weighted by Gasteiger charge is -1.99. The molecule has 0 bridgehead atoms. The first kappa shape index (κ1) is 12.5. The summed E-state index contributed by atoms with van der Waals surface area (Å²) >= 11 is 0. The highest BCUT2D eigenvalue weighted by Crippen LogP contribution is 2.25. The van der Waals surface area contributed by atoms with Crippen LogP contribution in [0, 0.1) is 0 Å². The summed E-state index contributed by atoms with van der Waals surface area (Å²) < 4.78 is 0. The van der Waals surface area contributed by atoms with Crippen LogP contribution in [0.5, 0.6) is 0 Å². The first-order chi connectivity index (χ1) is 7.88. The molecule has 0 aromatic rings. The van der Waals surface area contributed by atoms with Crippen molar-refractivity contribution in [3.05, 3.63) is 72.4 Å². The van der Waals surface area contributed by atoms with Gasteiger partial charge in [-0.05, 0) is 37.3 Å². The van der Waals surface area contributed by atoms with Crippen LogP contribution in [0.2, 0.25) is 0 Å². The Morgan fingerprint density at radius 3 is 1.94 bits per heavy atom. The minimum Gasteiger partial charge on any atom is -0.103 e. The summed E-state index contributed by atoms with van der Waals surface area (Å²) in [5, 5.41) is 0. The van der Waals surface area contributed by atoms with E-state index in [9.17, 15) is 0 Å². The van der Waals surface area contributed by atoms with Crippen molar-refractivity contribution in [3.63, 3.8) is 0 Å². The molecule has 2 rings (SSSR count). The second-order valence-electron chi connectivity index (χ2n) is 3.74. The predicted molar refractivity (Wildman–Crippen MR) is 73.3 cm³/mol. The lowest BCUT2D eigenvalue weighted by molar-refractivity contribution is 1.18. The van der Waals surface area contributed by atoms with Gasteiger partial charge in [-0.25, -0.2) is 0 Å². The summed E-state index contributed by atoms with van der Waals surface area (Å²) in [5.74, 6) is 0. The normalized spacial score (nSPS) is 17.1. The molecule has 0 saturated carbocycles. The van der Waals surface area contributed by atoms with E-state index in [-0.39, 0.29) is 0 Å². The molecule has 0 saturated heterocycles. The van der Waals surface area contributed by atoms with Gasteiger partial charge in [0.1, 0.15) is 0 Å². The van der Waals surface area contributed by atoms with Gasteiger partial charge in [0.05, 0.1) is 0 Å². The van der Waals surface area contributed by atoms with Crippen molar-refractivity contribution < 1.29 is 0 Å². The molecule has 0 atom stereocenters. The Balaban J connectivity index is 0.000000187. The van der Waals surface area contributed by atoms with Gasteiger partial charge in [0, 0.05) is 0 Å². The van der Waals surface area contributed by atoms with Gasteiger partial charge in [-0.1, -0.05) is 54.7 Å². The molecular weight excluding hydrogens is 192 g/mol. The predicted octanol–water partition coefficient (Wildman–Crippen LogP) is 4.90. The van der Waals surface area contributed by atoms with Crippen LogP contribution >= 0.6 is 0 Å². The molecule has 0 nitrogen and oxygen atoms in total. The molecule has 0 heterocycles. The zero-order chi connectivity index (χ0) is 11.6. The summed E-state index contributed by atoms with van der Waals surface area (Å²) in [6, 6.07) is 0. The molecular formula is C16H20. The maximum atomic E-state index is 3.55. The summed E-state index contributed by atoms with van der Waals surface area (Å²) in [6.45, 7) is 5.55. The van der Waals surface area contributed by atoms with Crippen LogP contribution < -0.4 is 0 Å². The maximum Gasteiger partial charge on any atom is -0.00915 e. The quantitative estimate of drug-likeness (QED) is 0.584. The van der Waals surface area contributed by atoms with E-state index in [1.807, 2.05) is 19.1 Å². The number of hydrogen-bond acceptors (Lipinski definition) is 0. The smallest absolute Gasteiger partial charge is 0.00915 e. The van der Waals surface area contributed by atoms with Crippen LogP contribution in [0.15, 0.2) is 72.4 Å². The van der Waals surface area contributed by atoms with Crippen LogP contribution in [0.3, 0.4) is 0 Å². The Hall–Kier alpha value is -1.56. The zero-order valence-corrected chi connectivity index (χ0v) is 10.0. The molecule has 0 heteroatoms. The van der Waals surface area contributed by atoms with Gasteiger partial charge in [-0.2, -0.15) is 0 Å². The van der Waals surface area contributed by atoms with Crippen LogP contribution in [0.4, 0.5) is 0 Å². The average molecular weight is 212 g/mol. The lowest BCUT2D eigenvalue weighted by atomic mass is 10.1. The molecule has 0 spiro atoms. The van der Waals surface area contributed by atoms with E-state index in [0.717, 1.165) is 19.3 Å². The Kier molecular flexibility index (Phi) is 6.02. The van der Waals surface area contributed by atoms with Gasteiger partial charge in [-0.15, -0.1) is 6.58 Å². The van der Waals surface area contributed by atoms with Crippen LogP contribution in [0.1, 0.15) is 26.2 Å². The van der Waals surface area contributed by atoms with Gasteiger partial charge < -0.3 is 0 Å². The van der Waals surface area contributed by atoms with Crippen molar-refractivity contribution in [2.24, 2.45) is 0 Å². The molecule has 0 radical (unpaired) electrons. The second-order valence-corrected chi connectivity index (χ2v) is 3.74. The Morgan fingerprint density at radius 1 is 1.12 bits per heavy atom. The van der Waals surface area contributed by atoms with Crippen molar-refractivity contribution >= 4 is 0 Å². The zero-order valence-electron chi connectivity index (χ0n) is 10.0. The van der Waals surface area contributed by atoms with Crippen molar-refractivity contribution in [3.8, 4) is 0 Å². The first-order valence-electron chi connectivity index (χ1n) is 5.82. The van der Waals surface area contributed by atoms with Gasteiger partial charge in [0.15, 0.2) is 0 Å². The van der Waals surface area contributed by atoms with Crippen molar-refractivity contribution in [1.29, 1.82) is 0 Å². The van der Waals surface area contributed by atoms with E-state index in [1.165, 1.54) is 11.1 Å². The van der Waals surface area contributed by atoms with Crippen LogP contribution in [-0.4, -0.2) is 0 Å². The largest absolute Gasteiger partial charge is 0.103 e. The SMILES string of the molecule is C1=CCC(C2=CC=CC2)=C1.C=CCC=CC. The fourth-order valence-corrected chi connectivity index (χ4v) is 1.60. The fourth-order valence-electron chi connectivity index (χ4n) is 1.60. The number of hydrogen-bond donors (Lipinski definition) is 0.